The number of ether oxygens (including phenoxy) is 2. The number of aliphatic hydroxyl groups excluding tert-OH is 1. The van der Waals surface area contributed by atoms with E-state index in [1.165, 1.54) is 0 Å². The Kier molecular flexibility index (Phi) is 8.28. The predicted octanol–water partition coefficient (Wildman–Crippen LogP) is 1.05. The number of hydrogen-bond acceptors (Lipinski definition) is 4. The largest absolute Gasteiger partial charge is 0.494 e. The fourth-order valence-electron chi connectivity index (χ4n) is 1.34. The van der Waals surface area contributed by atoms with Gasteiger partial charge in [0, 0.05) is 6.54 Å². The Bertz CT molecular complexity index is 267. The lowest BCUT2D eigenvalue weighted by molar-refractivity contribution is 0.0938. The number of hydrogen-bond donors (Lipinski definition) is 2. The molecule has 0 unspecified atom stereocenters. The van der Waals surface area contributed by atoms with Crippen LogP contribution in [0.3, 0.4) is 0 Å². The molecule has 0 saturated carbocycles. The van der Waals surface area contributed by atoms with Crippen LogP contribution in [0.1, 0.15) is 6.42 Å². The Morgan fingerprint density at radius 1 is 1.00 bits per heavy atom. The van der Waals surface area contributed by atoms with Gasteiger partial charge >= 0.3 is 0 Å². The van der Waals surface area contributed by atoms with Crippen molar-refractivity contribution in [1.82, 2.24) is 5.32 Å². The molecule has 1 aromatic carbocycles. The smallest absolute Gasteiger partial charge is 0.119 e. The molecule has 4 nitrogen and oxygen atoms in total. The van der Waals surface area contributed by atoms with Gasteiger partial charge in [0.05, 0.1) is 26.4 Å². The topological polar surface area (TPSA) is 50.7 Å². The molecule has 0 saturated heterocycles. The number of rotatable bonds is 10. The minimum atomic E-state index is 0.0882. The van der Waals surface area contributed by atoms with Crippen molar-refractivity contribution in [2.45, 2.75) is 6.42 Å². The molecule has 0 amide bonds. The summed E-state index contributed by atoms with van der Waals surface area (Å²) < 4.78 is 10.7. The predicted molar refractivity (Wildman–Crippen MR) is 67.3 cm³/mol. The van der Waals surface area contributed by atoms with E-state index in [2.05, 4.69) is 5.32 Å². The van der Waals surface area contributed by atoms with Crippen molar-refractivity contribution in [2.24, 2.45) is 0 Å². The van der Waals surface area contributed by atoms with Crippen LogP contribution in [-0.4, -0.2) is 44.6 Å². The summed E-state index contributed by atoms with van der Waals surface area (Å²) in [6.45, 7) is 3.58. The van der Waals surface area contributed by atoms with Crippen LogP contribution in [0.15, 0.2) is 30.3 Å². The molecule has 0 bridgehead atoms. The Balaban J connectivity index is 1.85. The third-order valence-electron chi connectivity index (χ3n) is 2.17. The second-order valence-electron chi connectivity index (χ2n) is 3.60. The van der Waals surface area contributed by atoms with Crippen LogP contribution < -0.4 is 10.1 Å². The van der Waals surface area contributed by atoms with Gasteiger partial charge in [-0.05, 0) is 25.1 Å². The number of para-hydroxylation sites is 1. The van der Waals surface area contributed by atoms with Crippen LogP contribution >= 0.6 is 0 Å². The fourth-order valence-corrected chi connectivity index (χ4v) is 1.34. The molecule has 96 valence electrons. The van der Waals surface area contributed by atoms with Crippen molar-refractivity contribution in [3.05, 3.63) is 30.3 Å². The van der Waals surface area contributed by atoms with E-state index in [0.717, 1.165) is 25.3 Å². The molecular formula is C13H21NO3. The van der Waals surface area contributed by atoms with Gasteiger partial charge in [0.2, 0.25) is 0 Å². The highest BCUT2D eigenvalue weighted by atomic mass is 16.5. The first-order valence-corrected chi connectivity index (χ1v) is 6.00. The second kappa shape index (κ2) is 10.1. The summed E-state index contributed by atoms with van der Waals surface area (Å²) in [5.74, 6) is 0.916. The van der Waals surface area contributed by atoms with E-state index in [0.29, 0.717) is 19.8 Å². The van der Waals surface area contributed by atoms with Crippen LogP contribution in [0.25, 0.3) is 0 Å². The molecule has 2 N–H and O–H groups in total. The number of aliphatic hydroxyl groups is 1. The zero-order valence-electron chi connectivity index (χ0n) is 10.1. The van der Waals surface area contributed by atoms with Crippen LogP contribution in [0.5, 0.6) is 5.75 Å². The summed E-state index contributed by atoms with van der Waals surface area (Å²) in [5, 5.41) is 11.7. The summed E-state index contributed by atoms with van der Waals surface area (Å²) in [7, 11) is 0. The zero-order chi connectivity index (χ0) is 12.2. The van der Waals surface area contributed by atoms with Gasteiger partial charge in [0.1, 0.15) is 5.75 Å². The molecule has 0 fully saturated rings. The summed E-state index contributed by atoms with van der Waals surface area (Å²) in [5.41, 5.74) is 0. The third kappa shape index (κ3) is 7.74. The highest BCUT2D eigenvalue weighted by molar-refractivity contribution is 5.20. The van der Waals surface area contributed by atoms with Crippen LogP contribution in [0.4, 0.5) is 0 Å². The first-order chi connectivity index (χ1) is 8.43. The lowest BCUT2D eigenvalue weighted by Crippen LogP contribution is -2.22. The lowest BCUT2D eigenvalue weighted by atomic mass is 10.3. The minimum Gasteiger partial charge on any atom is -0.494 e. The van der Waals surface area contributed by atoms with Crippen LogP contribution in [0, 0.1) is 0 Å². The molecular weight excluding hydrogens is 218 g/mol. The first kappa shape index (κ1) is 14.0. The van der Waals surface area contributed by atoms with Gasteiger partial charge in [0.15, 0.2) is 0 Å². The molecule has 0 aliphatic rings. The monoisotopic (exact) mass is 239 g/mol. The van der Waals surface area contributed by atoms with Crippen molar-refractivity contribution in [1.29, 1.82) is 0 Å². The van der Waals surface area contributed by atoms with Crippen LogP contribution in [0.2, 0.25) is 0 Å². The zero-order valence-corrected chi connectivity index (χ0v) is 10.1. The Morgan fingerprint density at radius 2 is 1.82 bits per heavy atom. The van der Waals surface area contributed by atoms with Gasteiger partial charge in [-0.1, -0.05) is 18.2 Å². The van der Waals surface area contributed by atoms with Gasteiger partial charge in [-0.15, -0.1) is 0 Å². The molecule has 0 spiro atoms. The molecule has 0 aromatic heterocycles. The van der Waals surface area contributed by atoms with Crippen molar-refractivity contribution >= 4 is 0 Å². The maximum absolute atomic E-state index is 8.49. The maximum Gasteiger partial charge on any atom is 0.119 e. The summed E-state index contributed by atoms with van der Waals surface area (Å²) in [6, 6.07) is 9.81. The van der Waals surface area contributed by atoms with Crippen LogP contribution in [-0.2, 0) is 4.74 Å². The van der Waals surface area contributed by atoms with Gasteiger partial charge in [0.25, 0.3) is 0 Å². The summed E-state index contributed by atoms with van der Waals surface area (Å²) in [6.07, 6.45) is 0.967. The van der Waals surface area contributed by atoms with E-state index in [4.69, 9.17) is 14.6 Å². The van der Waals surface area contributed by atoms with E-state index in [-0.39, 0.29) is 6.61 Å². The van der Waals surface area contributed by atoms with E-state index in [9.17, 15) is 0 Å². The molecule has 0 aliphatic heterocycles. The lowest BCUT2D eigenvalue weighted by Gasteiger charge is -2.07. The van der Waals surface area contributed by atoms with Gasteiger partial charge in [-0.25, -0.2) is 0 Å². The van der Waals surface area contributed by atoms with Crippen molar-refractivity contribution in [3.8, 4) is 5.75 Å². The first-order valence-electron chi connectivity index (χ1n) is 6.00. The van der Waals surface area contributed by atoms with Crippen molar-refractivity contribution in [3.63, 3.8) is 0 Å². The Hall–Kier alpha value is -1.10. The third-order valence-corrected chi connectivity index (χ3v) is 2.17. The Labute approximate surface area is 103 Å². The highest BCUT2D eigenvalue weighted by Gasteiger charge is 1.92. The minimum absolute atomic E-state index is 0.0882. The second-order valence-corrected chi connectivity index (χ2v) is 3.60. The van der Waals surface area contributed by atoms with Crippen molar-refractivity contribution < 1.29 is 14.6 Å². The summed E-state index contributed by atoms with van der Waals surface area (Å²) >= 11 is 0. The molecule has 0 radical (unpaired) electrons. The highest BCUT2D eigenvalue weighted by Crippen LogP contribution is 2.07. The van der Waals surface area contributed by atoms with E-state index >= 15 is 0 Å². The number of nitrogens with one attached hydrogen (secondary N) is 1. The average Bonchev–Trinajstić information content (AvgIpc) is 2.38. The summed E-state index contributed by atoms with van der Waals surface area (Å²) in [4.78, 5) is 0. The molecule has 0 aliphatic carbocycles. The molecule has 17 heavy (non-hydrogen) atoms. The molecule has 1 aromatic rings. The van der Waals surface area contributed by atoms with Crippen molar-refractivity contribution in [2.75, 3.05) is 39.5 Å². The fraction of sp³-hybridized carbons (Fsp3) is 0.538. The van der Waals surface area contributed by atoms with Gasteiger partial charge < -0.3 is 19.9 Å². The van der Waals surface area contributed by atoms with E-state index in [1.54, 1.807) is 0 Å². The molecule has 0 atom stereocenters. The van der Waals surface area contributed by atoms with Gasteiger partial charge in [-0.3, -0.25) is 0 Å². The quantitative estimate of drug-likeness (QED) is 0.599. The van der Waals surface area contributed by atoms with Gasteiger partial charge in [-0.2, -0.15) is 0 Å². The maximum atomic E-state index is 8.49. The Morgan fingerprint density at radius 3 is 2.59 bits per heavy atom. The SMILES string of the molecule is OCCOCCNCCCOc1ccccc1. The number of benzene rings is 1. The van der Waals surface area contributed by atoms with E-state index in [1.807, 2.05) is 30.3 Å². The normalized spacial score (nSPS) is 10.4. The molecule has 0 heterocycles. The average molecular weight is 239 g/mol. The molecule has 1 rings (SSSR count). The van der Waals surface area contributed by atoms with E-state index < -0.39 is 0 Å². The molecule has 4 heteroatoms. The standard InChI is InChI=1S/C13H21NO3/c15-9-12-16-11-8-14-7-4-10-17-13-5-2-1-3-6-13/h1-3,5-6,14-15H,4,7-12H2.